The fourth-order valence-corrected chi connectivity index (χ4v) is 4.44. The van der Waals surface area contributed by atoms with Gasteiger partial charge in [0.05, 0.1) is 17.4 Å². The normalized spacial score (nSPS) is 17.3. The van der Waals surface area contributed by atoms with Gasteiger partial charge >= 0.3 is 0 Å². The number of anilines is 2. The van der Waals surface area contributed by atoms with E-state index >= 15 is 0 Å². The van der Waals surface area contributed by atoms with Crippen molar-refractivity contribution in [3.8, 4) is 0 Å². The summed E-state index contributed by atoms with van der Waals surface area (Å²) in [5, 5.41) is 6.15. The Morgan fingerprint density at radius 3 is 2.30 bits per heavy atom. The van der Waals surface area contributed by atoms with Gasteiger partial charge in [0, 0.05) is 12.1 Å². The molecular formula is C25H23N3O2. The summed E-state index contributed by atoms with van der Waals surface area (Å²) < 4.78 is 0. The van der Waals surface area contributed by atoms with E-state index < -0.39 is 0 Å². The highest BCUT2D eigenvalue weighted by atomic mass is 16.2. The van der Waals surface area contributed by atoms with Gasteiger partial charge < -0.3 is 15.5 Å². The number of benzene rings is 3. The first-order valence-corrected chi connectivity index (χ1v) is 10.3. The molecule has 2 N–H and O–H groups in total. The molecule has 1 saturated heterocycles. The lowest BCUT2D eigenvalue weighted by atomic mass is 9.98. The molecule has 0 saturated carbocycles. The number of hydrogen-bond donors (Lipinski definition) is 2. The second-order valence-electron chi connectivity index (χ2n) is 7.80. The van der Waals surface area contributed by atoms with Crippen molar-refractivity contribution >= 4 is 23.2 Å². The molecule has 5 nitrogen and oxygen atoms in total. The minimum atomic E-state index is -0.256. The summed E-state index contributed by atoms with van der Waals surface area (Å²) >= 11 is 0. The minimum absolute atomic E-state index is 0.0176. The van der Waals surface area contributed by atoms with Crippen LogP contribution in [0.3, 0.4) is 0 Å². The maximum atomic E-state index is 13.2. The molecule has 0 aromatic heterocycles. The third-order valence-electron chi connectivity index (χ3n) is 5.92. The third kappa shape index (κ3) is 3.32. The fraction of sp³-hybridized carbons (Fsp3) is 0.200. The Morgan fingerprint density at radius 1 is 0.967 bits per heavy atom. The van der Waals surface area contributed by atoms with Crippen LogP contribution >= 0.6 is 0 Å². The van der Waals surface area contributed by atoms with Gasteiger partial charge in [0.15, 0.2) is 0 Å². The summed E-state index contributed by atoms with van der Waals surface area (Å²) in [5.74, 6) is -0.155. The molecule has 1 fully saturated rings. The van der Waals surface area contributed by atoms with Crippen molar-refractivity contribution in [2.75, 3.05) is 16.8 Å². The fourth-order valence-electron chi connectivity index (χ4n) is 4.44. The Balaban J connectivity index is 1.44. The lowest BCUT2D eigenvalue weighted by Crippen LogP contribution is -2.44. The monoisotopic (exact) mass is 397 g/mol. The highest BCUT2D eigenvalue weighted by molar-refractivity contribution is 6.06. The zero-order valence-corrected chi connectivity index (χ0v) is 16.5. The van der Waals surface area contributed by atoms with Crippen molar-refractivity contribution in [2.24, 2.45) is 0 Å². The van der Waals surface area contributed by atoms with Gasteiger partial charge in [0.25, 0.3) is 5.91 Å². The van der Waals surface area contributed by atoms with Gasteiger partial charge in [0.1, 0.15) is 6.04 Å². The Morgan fingerprint density at radius 2 is 1.63 bits per heavy atom. The quantitative estimate of drug-likeness (QED) is 0.696. The number of carbonyl (C=O) groups excluding carboxylic acids is 2. The van der Waals surface area contributed by atoms with Crippen LogP contribution in [-0.4, -0.2) is 24.4 Å². The van der Waals surface area contributed by atoms with Gasteiger partial charge in [-0.05, 0) is 42.2 Å². The largest absolute Gasteiger partial charge is 0.358 e. The molecule has 5 heteroatoms. The van der Waals surface area contributed by atoms with Gasteiger partial charge in [-0.3, -0.25) is 9.59 Å². The van der Waals surface area contributed by atoms with E-state index in [4.69, 9.17) is 0 Å². The zero-order valence-electron chi connectivity index (χ0n) is 16.5. The van der Waals surface area contributed by atoms with Gasteiger partial charge in [0.2, 0.25) is 5.91 Å². The Kier molecular flexibility index (Phi) is 4.71. The van der Waals surface area contributed by atoms with E-state index in [2.05, 4.69) is 15.5 Å². The first kappa shape index (κ1) is 18.4. The highest BCUT2D eigenvalue weighted by Gasteiger charge is 2.36. The average molecular weight is 397 g/mol. The summed E-state index contributed by atoms with van der Waals surface area (Å²) in [5.41, 5.74) is 4.27. The van der Waals surface area contributed by atoms with Crippen molar-refractivity contribution in [1.29, 1.82) is 0 Å². The third-order valence-corrected chi connectivity index (χ3v) is 5.92. The predicted molar refractivity (Wildman–Crippen MR) is 118 cm³/mol. The summed E-state index contributed by atoms with van der Waals surface area (Å²) in [6.07, 6.45) is 1.89. The van der Waals surface area contributed by atoms with Crippen LogP contribution in [0.5, 0.6) is 0 Å². The van der Waals surface area contributed by atoms with E-state index in [-0.39, 0.29) is 23.9 Å². The number of nitrogens with one attached hydrogen (secondary N) is 2. The number of amides is 2. The van der Waals surface area contributed by atoms with Crippen LogP contribution in [0, 0.1) is 0 Å². The van der Waals surface area contributed by atoms with E-state index in [0.717, 1.165) is 36.2 Å². The second kappa shape index (κ2) is 7.67. The molecule has 2 aliphatic rings. The number of hydrogen-bond acceptors (Lipinski definition) is 3. The average Bonchev–Trinajstić information content (AvgIpc) is 3.29. The lowest BCUT2D eigenvalue weighted by molar-refractivity contribution is -0.117. The number of nitrogens with zero attached hydrogens (tertiary/aromatic N) is 1. The Bertz CT molecular complexity index is 1040. The Hall–Kier alpha value is -3.60. The van der Waals surface area contributed by atoms with E-state index in [1.807, 2.05) is 72.8 Å². The summed E-state index contributed by atoms with van der Waals surface area (Å²) in [6, 6.07) is 25.1. The standard InChI is InChI=1S/C25H23N3O2/c29-24(27-23(17-8-3-1-4-9-17)18-10-5-2-6-11-18)19-13-14-21-20(16-19)26-25(30)22-12-7-15-28(21)22/h1-6,8-11,13-14,16,22-23H,7,12,15H2,(H,26,30)(H,27,29)/t22-/m0/s1. The molecule has 0 aliphatic carbocycles. The van der Waals surface area contributed by atoms with Crippen LogP contribution in [0.4, 0.5) is 11.4 Å². The zero-order chi connectivity index (χ0) is 20.5. The van der Waals surface area contributed by atoms with Gasteiger partial charge in [-0.1, -0.05) is 60.7 Å². The van der Waals surface area contributed by atoms with Crippen LogP contribution in [0.2, 0.25) is 0 Å². The Labute approximate surface area is 175 Å². The molecule has 1 atom stereocenters. The minimum Gasteiger partial charge on any atom is -0.358 e. The van der Waals surface area contributed by atoms with Gasteiger partial charge in [-0.2, -0.15) is 0 Å². The van der Waals surface area contributed by atoms with E-state index in [0.29, 0.717) is 11.3 Å². The molecule has 5 rings (SSSR count). The first-order valence-electron chi connectivity index (χ1n) is 10.3. The van der Waals surface area contributed by atoms with Crippen LogP contribution in [-0.2, 0) is 4.79 Å². The van der Waals surface area contributed by atoms with Gasteiger partial charge in [-0.15, -0.1) is 0 Å². The van der Waals surface area contributed by atoms with Crippen molar-refractivity contribution in [1.82, 2.24) is 5.32 Å². The summed E-state index contributed by atoms with van der Waals surface area (Å²) in [7, 11) is 0. The molecule has 3 aromatic rings. The number of fused-ring (bicyclic) bond motifs is 3. The second-order valence-corrected chi connectivity index (χ2v) is 7.80. The molecule has 2 amide bonds. The SMILES string of the molecule is O=C(NC(c1ccccc1)c1ccccc1)c1ccc2c(c1)NC(=O)[C@@H]1CCCN21. The molecule has 2 heterocycles. The summed E-state index contributed by atoms with van der Waals surface area (Å²) in [6.45, 7) is 0.876. The van der Waals surface area contributed by atoms with Crippen LogP contribution < -0.4 is 15.5 Å². The van der Waals surface area contributed by atoms with E-state index in [1.54, 1.807) is 6.07 Å². The molecule has 0 spiro atoms. The molecular weight excluding hydrogens is 374 g/mol. The van der Waals surface area contributed by atoms with E-state index in [1.165, 1.54) is 0 Å². The first-order chi connectivity index (χ1) is 14.7. The number of rotatable bonds is 4. The maximum Gasteiger partial charge on any atom is 0.252 e. The molecule has 0 bridgehead atoms. The molecule has 0 unspecified atom stereocenters. The number of carbonyl (C=O) groups is 2. The van der Waals surface area contributed by atoms with Crippen LogP contribution in [0.25, 0.3) is 0 Å². The van der Waals surface area contributed by atoms with Crippen molar-refractivity contribution < 1.29 is 9.59 Å². The lowest BCUT2D eigenvalue weighted by Gasteiger charge is -2.33. The van der Waals surface area contributed by atoms with Crippen LogP contribution in [0.15, 0.2) is 78.9 Å². The maximum absolute atomic E-state index is 13.2. The van der Waals surface area contributed by atoms with Crippen LogP contribution in [0.1, 0.15) is 40.4 Å². The smallest absolute Gasteiger partial charge is 0.252 e. The molecule has 150 valence electrons. The molecule has 0 radical (unpaired) electrons. The van der Waals surface area contributed by atoms with Crippen molar-refractivity contribution in [3.63, 3.8) is 0 Å². The molecule has 3 aromatic carbocycles. The summed E-state index contributed by atoms with van der Waals surface area (Å²) in [4.78, 5) is 27.7. The predicted octanol–water partition coefficient (Wildman–Crippen LogP) is 4.13. The highest BCUT2D eigenvalue weighted by Crippen LogP contribution is 2.37. The van der Waals surface area contributed by atoms with Gasteiger partial charge in [-0.25, -0.2) is 0 Å². The molecule has 2 aliphatic heterocycles. The molecule has 30 heavy (non-hydrogen) atoms. The van der Waals surface area contributed by atoms with Crippen molar-refractivity contribution in [3.05, 3.63) is 95.6 Å². The van der Waals surface area contributed by atoms with E-state index in [9.17, 15) is 9.59 Å². The topological polar surface area (TPSA) is 61.4 Å². The van der Waals surface area contributed by atoms with Crippen molar-refractivity contribution in [2.45, 2.75) is 24.9 Å².